The molecule has 2 amide bonds. The number of hydrogen-bond acceptors (Lipinski definition) is 7. The number of carbonyl (C=O) groups is 3. The lowest BCUT2D eigenvalue weighted by molar-refractivity contribution is -0.138. The van der Waals surface area contributed by atoms with Crippen LogP contribution in [0, 0.1) is 9.49 Å². The molecule has 196 valence electrons. The first kappa shape index (κ1) is 28.1. The quantitative estimate of drug-likeness (QED) is 0.177. The molecule has 1 aromatic carbocycles. The van der Waals surface area contributed by atoms with Gasteiger partial charge in [-0.1, -0.05) is 6.08 Å². The van der Waals surface area contributed by atoms with Gasteiger partial charge in [0.05, 0.1) is 23.3 Å². The van der Waals surface area contributed by atoms with E-state index in [9.17, 15) is 19.5 Å². The number of ether oxygens (including phenoxy) is 2. The topological polar surface area (TPSA) is 125 Å². The third-order valence-corrected chi connectivity index (χ3v) is 7.09. The second-order valence-corrected chi connectivity index (χ2v) is 10.1. The van der Waals surface area contributed by atoms with Gasteiger partial charge in [-0.25, -0.2) is 0 Å². The number of aliphatic hydroxyl groups is 2. The number of halogens is 1. The number of methoxy groups -OCH3 is 1. The molecule has 0 aromatic heterocycles. The Morgan fingerprint density at radius 2 is 2.08 bits per heavy atom. The Kier molecular flexibility index (Phi) is 10.3. The first-order valence-corrected chi connectivity index (χ1v) is 13.1. The molecule has 0 saturated heterocycles. The summed E-state index contributed by atoms with van der Waals surface area (Å²) in [7, 11) is 1.45. The molecule has 0 aliphatic heterocycles. The summed E-state index contributed by atoms with van der Waals surface area (Å²) < 4.78 is 12.2. The molecule has 36 heavy (non-hydrogen) atoms. The fourth-order valence-corrected chi connectivity index (χ4v) is 4.96. The van der Waals surface area contributed by atoms with Gasteiger partial charge in [-0.15, -0.1) is 6.58 Å². The first-order valence-electron chi connectivity index (χ1n) is 12.0. The molecule has 3 unspecified atom stereocenters. The molecule has 2 aliphatic rings. The van der Waals surface area contributed by atoms with Gasteiger partial charge in [-0.3, -0.25) is 14.4 Å². The Balaban J connectivity index is 1.97. The van der Waals surface area contributed by atoms with Crippen molar-refractivity contribution in [3.63, 3.8) is 0 Å². The lowest BCUT2D eigenvalue weighted by atomic mass is 9.87. The average Bonchev–Trinajstić information content (AvgIpc) is 3.70. The number of nitrogens with zero attached hydrogens (tertiary/aromatic N) is 1. The Hall–Kier alpha value is -2.44. The summed E-state index contributed by atoms with van der Waals surface area (Å²) >= 11 is 2.02. The van der Waals surface area contributed by atoms with Crippen LogP contribution in [0.25, 0.3) is 0 Å². The lowest BCUT2D eigenvalue weighted by Crippen LogP contribution is -2.55. The highest BCUT2D eigenvalue weighted by molar-refractivity contribution is 14.1. The van der Waals surface area contributed by atoms with Crippen LogP contribution in [0.5, 0.6) is 11.5 Å². The Morgan fingerprint density at radius 1 is 1.33 bits per heavy atom. The zero-order chi connectivity index (χ0) is 26.2. The first-order chi connectivity index (χ1) is 17.3. The SMILES string of the molecule is C=CCCC(=O)N(CC1CC1)C1CC(C(=O)NCCO)=CC(Oc2c(I)cc(C=O)cc2OC)C1O. The van der Waals surface area contributed by atoms with Crippen molar-refractivity contribution in [2.75, 3.05) is 26.8 Å². The van der Waals surface area contributed by atoms with Gasteiger partial charge < -0.3 is 29.9 Å². The maximum absolute atomic E-state index is 13.2. The van der Waals surface area contributed by atoms with E-state index in [1.165, 1.54) is 13.2 Å². The molecule has 2 aliphatic carbocycles. The van der Waals surface area contributed by atoms with E-state index in [2.05, 4.69) is 11.9 Å². The van der Waals surface area contributed by atoms with Crippen molar-refractivity contribution >= 4 is 40.7 Å². The van der Waals surface area contributed by atoms with Gasteiger partial charge in [0, 0.05) is 37.1 Å². The van der Waals surface area contributed by atoms with Crippen molar-refractivity contribution in [3.8, 4) is 11.5 Å². The molecule has 0 radical (unpaired) electrons. The molecule has 1 saturated carbocycles. The zero-order valence-electron chi connectivity index (χ0n) is 20.3. The lowest BCUT2D eigenvalue weighted by Gasteiger charge is -2.41. The number of allylic oxidation sites excluding steroid dienone is 1. The van der Waals surface area contributed by atoms with Gasteiger partial charge in [-0.05, 0) is 66.0 Å². The molecular formula is C26H33IN2O7. The van der Waals surface area contributed by atoms with E-state index in [4.69, 9.17) is 14.6 Å². The van der Waals surface area contributed by atoms with Crippen LogP contribution in [0.3, 0.4) is 0 Å². The minimum Gasteiger partial charge on any atom is -0.493 e. The molecule has 3 N–H and O–H groups in total. The molecule has 1 fully saturated rings. The average molecular weight is 612 g/mol. The maximum Gasteiger partial charge on any atom is 0.247 e. The number of hydrogen-bond donors (Lipinski definition) is 3. The number of rotatable bonds is 13. The second kappa shape index (κ2) is 13.2. The summed E-state index contributed by atoms with van der Waals surface area (Å²) in [6.07, 6.45) is 4.84. The van der Waals surface area contributed by atoms with Crippen LogP contribution >= 0.6 is 22.6 Å². The Morgan fingerprint density at radius 3 is 2.69 bits per heavy atom. The van der Waals surface area contributed by atoms with Gasteiger partial charge in [0.25, 0.3) is 0 Å². The molecule has 0 heterocycles. The highest BCUT2D eigenvalue weighted by Gasteiger charge is 2.42. The van der Waals surface area contributed by atoms with Crippen LogP contribution < -0.4 is 14.8 Å². The summed E-state index contributed by atoms with van der Waals surface area (Å²) in [4.78, 5) is 39.0. The van der Waals surface area contributed by atoms with Crippen LogP contribution in [0.2, 0.25) is 0 Å². The smallest absolute Gasteiger partial charge is 0.247 e. The van der Waals surface area contributed by atoms with Crippen molar-refractivity contribution in [2.24, 2.45) is 5.92 Å². The second-order valence-electron chi connectivity index (χ2n) is 8.98. The number of benzene rings is 1. The van der Waals surface area contributed by atoms with E-state index in [0.717, 1.165) is 12.8 Å². The number of aliphatic hydroxyl groups excluding tert-OH is 2. The third kappa shape index (κ3) is 7.07. The molecule has 1 aromatic rings. The fraction of sp³-hybridized carbons (Fsp3) is 0.500. The molecule has 10 heteroatoms. The highest BCUT2D eigenvalue weighted by atomic mass is 127. The van der Waals surface area contributed by atoms with Gasteiger partial charge >= 0.3 is 0 Å². The monoisotopic (exact) mass is 612 g/mol. The summed E-state index contributed by atoms with van der Waals surface area (Å²) in [6.45, 7) is 4.07. The van der Waals surface area contributed by atoms with Crippen LogP contribution in [0.4, 0.5) is 0 Å². The number of carbonyl (C=O) groups excluding carboxylic acids is 3. The van der Waals surface area contributed by atoms with Crippen molar-refractivity contribution in [1.29, 1.82) is 0 Å². The summed E-state index contributed by atoms with van der Waals surface area (Å²) in [5.41, 5.74) is 0.772. The van der Waals surface area contributed by atoms with E-state index in [1.54, 1.807) is 23.1 Å². The van der Waals surface area contributed by atoms with Gasteiger partial charge in [0.2, 0.25) is 11.8 Å². The standard InChI is InChI=1S/C26H33IN2O7/c1-3-4-5-23(32)29(14-16-6-7-16)20-12-18(26(34)28-8-9-30)13-21(24(20)33)36-25-19(27)10-17(15-31)11-22(25)35-2/h3,10-11,13,15-16,20-21,24,30,33H,1,4-9,12,14H2,2H3,(H,28,34). The van der Waals surface area contributed by atoms with E-state index in [1.807, 2.05) is 22.6 Å². The fourth-order valence-electron chi connectivity index (χ4n) is 4.21. The summed E-state index contributed by atoms with van der Waals surface area (Å²) in [5.74, 6) is 0.515. The van der Waals surface area contributed by atoms with Crippen molar-refractivity contribution in [1.82, 2.24) is 10.2 Å². The summed E-state index contributed by atoms with van der Waals surface area (Å²) in [6, 6.07) is 2.49. The van der Waals surface area contributed by atoms with E-state index >= 15 is 0 Å². The van der Waals surface area contributed by atoms with Crippen molar-refractivity contribution in [3.05, 3.63) is 45.6 Å². The molecule has 3 atom stereocenters. The Labute approximate surface area is 224 Å². The minimum absolute atomic E-state index is 0.0812. The van der Waals surface area contributed by atoms with Crippen LogP contribution in [-0.4, -0.2) is 78.3 Å². The van der Waals surface area contributed by atoms with Gasteiger partial charge in [0.15, 0.2) is 11.5 Å². The summed E-state index contributed by atoms with van der Waals surface area (Å²) in [5, 5.41) is 23.2. The highest BCUT2D eigenvalue weighted by Crippen LogP contribution is 2.38. The van der Waals surface area contributed by atoms with E-state index in [0.29, 0.717) is 51.4 Å². The molecule has 3 rings (SSSR count). The third-order valence-electron chi connectivity index (χ3n) is 6.29. The number of nitrogens with one attached hydrogen (secondary N) is 1. The van der Waals surface area contributed by atoms with Crippen LogP contribution in [-0.2, 0) is 9.59 Å². The Bertz CT molecular complexity index is 1010. The molecule has 0 bridgehead atoms. The maximum atomic E-state index is 13.2. The number of amides is 2. The van der Waals surface area contributed by atoms with Crippen LogP contribution in [0.1, 0.15) is 42.5 Å². The predicted octanol–water partition coefficient (Wildman–Crippen LogP) is 2.23. The van der Waals surface area contributed by atoms with Crippen molar-refractivity contribution in [2.45, 2.75) is 50.4 Å². The zero-order valence-corrected chi connectivity index (χ0v) is 22.5. The predicted molar refractivity (Wildman–Crippen MR) is 142 cm³/mol. The van der Waals surface area contributed by atoms with Gasteiger partial charge in [-0.2, -0.15) is 0 Å². The number of aldehydes is 1. The van der Waals surface area contributed by atoms with E-state index in [-0.39, 0.29) is 31.9 Å². The normalized spacial score (nSPS) is 21.2. The van der Waals surface area contributed by atoms with Gasteiger partial charge in [0.1, 0.15) is 18.5 Å². The van der Waals surface area contributed by atoms with Crippen LogP contribution in [0.15, 0.2) is 36.4 Å². The molecule has 9 nitrogen and oxygen atoms in total. The molecular weight excluding hydrogens is 579 g/mol. The van der Waals surface area contributed by atoms with Crippen molar-refractivity contribution < 1.29 is 34.1 Å². The van der Waals surface area contributed by atoms with E-state index < -0.39 is 24.2 Å². The minimum atomic E-state index is -1.11. The largest absolute Gasteiger partial charge is 0.493 e. The molecule has 0 spiro atoms.